The number of halogens is 3. The van der Waals surface area contributed by atoms with Crippen LogP contribution in [0.5, 0.6) is 0 Å². The van der Waals surface area contributed by atoms with Gasteiger partial charge in [-0.3, -0.25) is 5.01 Å². The Balaban J connectivity index is 1.52. The summed E-state index contributed by atoms with van der Waals surface area (Å²) >= 11 is 18.1. The van der Waals surface area contributed by atoms with E-state index in [4.69, 9.17) is 34.8 Å². The van der Waals surface area contributed by atoms with E-state index in [0.717, 1.165) is 43.3 Å². The second kappa shape index (κ2) is 8.21. The molecule has 0 saturated carbocycles. The summed E-state index contributed by atoms with van der Waals surface area (Å²) < 4.78 is 0. The molecule has 0 bridgehead atoms. The molecule has 0 radical (unpaired) electrons. The Hall–Kier alpha value is -1.26. The predicted molar refractivity (Wildman–Crippen MR) is 101 cm³/mol. The van der Waals surface area contributed by atoms with Gasteiger partial charge in [-0.2, -0.15) is 5.10 Å². The summed E-state index contributed by atoms with van der Waals surface area (Å²) in [5.41, 5.74) is 2.16. The summed E-state index contributed by atoms with van der Waals surface area (Å²) in [7, 11) is 0. The molecule has 0 aliphatic carbocycles. The molecular weight excluding hydrogens is 365 g/mol. The van der Waals surface area contributed by atoms with Crippen molar-refractivity contribution >= 4 is 41.0 Å². The minimum absolute atomic E-state index is 0.551. The molecular formula is C18H19Cl3N3+. The fourth-order valence-corrected chi connectivity index (χ4v) is 3.24. The first kappa shape index (κ1) is 17.6. The highest BCUT2D eigenvalue weighted by molar-refractivity contribution is 6.43. The van der Waals surface area contributed by atoms with E-state index in [-0.39, 0.29) is 0 Å². The molecule has 6 heteroatoms. The van der Waals surface area contributed by atoms with Gasteiger partial charge in [-0.15, -0.1) is 0 Å². The van der Waals surface area contributed by atoms with Crippen molar-refractivity contribution in [3.8, 4) is 0 Å². The lowest BCUT2D eigenvalue weighted by Crippen LogP contribution is -3.13. The van der Waals surface area contributed by atoms with Crippen molar-refractivity contribution in [2.75, 3.05) is 26.2 Å². The third-order valence-corrected chi connectivity index (χ3v) is 5.24. The molecule has 0 unspecified atom stereocenters. The maximum atomic E-state index is 6.18. The molecule has 1 fully saturated rings. The van der Waals surface area contributed by atoms with E-state index in [2.05, 4.69) is 22.2 Å². The van der Waals surface area contributed by atoms with Crippen LogP contribution in [-0.4, -0.2) is 37.4 Å². The van der Waals surface area contributed by atoms with Crippen LogP contribution in [0, 0.1) is 0 Å². The second-order valence-electron chi connectivity index (χ2n) is 5.89. The molecule has 1 aliphatic heterocycles. The predicted octanol–water partition coefficient (Wildman–Crippen LogP) is 3.38. The van der Waals surface area contributed by atoms with Crippen LogP contribution >= 0.6 is 34.8 Å². The van der Waals surface area contributed by atoms with Crippen molar-refractivity contribution in [1.29, 1.82) is 0 Å². The van der Waals surface area contributed by atoms with Gasteiger partial charge in [0.1, 0.15) is 6.54 Å². The second-order valence-corrected chi connectivity index (χ2v) is 7.12. The van der Waals surface area contributed by atoms with Crippen LogP contribution in [0.1, 0.15) is 11.1 Å². The SMILES string of the molecule is Clc1ccc(C[NH+]2CCN(/N=C\c3cccc(Cl)c3Cl)CC2)cc1. The van der Waals surface area contributed by atoms with E-state index in [1.165, 1.54) is 5.56 Å². The van der Waals surface area contributed by atoms with Gasteiger partial charge in [0.15, 0.2) is 0 Å². The van der Waals surface area contributed by atoms with E-state index in [9.17, 15) is 0 Å². The largest absolute Gasteiger partial charge is 0.328 e. The summed E-state index contributed by atoms with van der Waals surface area (Å²) in [6.07, 6.45) is 1.79. The Morgan fingerprint density at radius 2 is 1.71 bits per heavy atom. The third kappa shape index (κ3) is 4.64. The summed E-state index contributed by atoms with van der Waals surface area (Å²) in [5, 5.41) is 8.52. The molecule has 1 saturated heterocycles. The smallest absolute Gasteiger partial charge is 0.103 e. The molecule has 0 aromatic heterocycles. The summed E-state index contributed by atoms with van der Waals surface area (Å²) in [6.45, 7) is 5.00. The fourth-order valence-electron chi connectivity index (χ4n) is 2.76. The van der Waals surface area contributed by atoms with Crippen LogP contribution in [0.2, 0.25) is 15.1 Å². The maximum absolute atomic E-state index is 6.18. The minimum atomic E-state index is 0.551. The molecule has 126 valence electrons. The average molecular weight is 384 g/mol. The van der Waals surface area contributed by atoms with Gasteiger partial charge in [-0.05, 0) is 18.2 Å². The normalized spacial score (nSPS) is 16.0. The van der Waals surface area contributed by atoms with Gasteiger partial charge in [0.25, 0.3) is 0 Å². The summed E-state index contributed by atoms with van der Waals surface area (Å²) in [6, 6.07) is 13.7. The molecule has 0 amide bonds. The number of hydrogen-bond acceptors (Lipinski definition) is 2. The van der Waals surface area contributed by atoms with Gasteiger partial charge >= 0.3 is 0 Å². The van der Waals surface area contributed by atoms with Gasteiger partial charge in [-0.1, -0.05) is 59.1 Å². The standard InChI is InChI=1S/C18H18Cl3N3/c19-16-6-4-14(5-7-16)13-23-8-10-24(11-9-23)22-12-15-2-1-3-17(20)18(15)21/h1-7,12H,8-11,13H2/p+1/b22-12-. The number of benzene rings is 2. The van der Waals surface area contributed by atoms with Crippen molar-refractivity contribution < 1.29 is 4.90 Å². The van der Waals surface area contributed by atoms with E-state index >= 15 is 0 Å². The first-order valence-corrected chi connectivity index (χ1v) is 9.06. The molecule has 2 aromatic carbocycles. The molecule has 1 heterocycles. The average Bonchev–Trinajstić information content (AvgIpc) is 2.59. The molecule has 3 rings (SSSR count). The quantitative estimate of drug-likeness (QED) is 0.802. The van der Waals surface area contributed by atoms with Crippen LogP contribution in [0.25, 0.3) is 0 Å². The van der Waals surface area contributed by atoms with Crippen molar-refractivity contribution in [1.82, 2.24) is 5.01 Å². The highest BCUT2D eigenvalue weighted by atomic mass is 35.5. The van der Waals surface area contributed by atoms with Crippen LogP contribution in [-0.2, 0) is 6.54 Å². The topological polar surface area (TPSA) is 20.0 Å². The maximum Gasteiger partial charge on any atom is 0.103 e. The number of nitrogens with one attached hydrogen (secondary N) is 1. The fraction of sp³-hybridized carbons (Fsp3) is 0.278. The third-order valence-electron chi connectivity index (χ3n) is 4.16. The van der Waals surface area contributed by atoms with Crippen LogP contribution < -0.4 is 4.90 Å². The van der Waals surface area contributed by atoms with Crippen LogP contribution in [0.15, 0.2) is 47.6 Å². The van der Waals surface area contributed by atoms with E-state index in [1.54, 1.807) is 17.2 Å². The first-order chi connectivity index (χ1) is 11.6. The van der Waals surface area contributed by atoms with Gasteiger partial charge in [0.2, 0.25) is 0 Å². The molecule has 0 atom stereocenters. The van der Waals surface area contributed by atoms with Gasteiger partial charge in [0, 0.05) is 16.1 Å². The lowest BCUT2D eigenvalue weighted by molar-refractivity contribution is -0.918. The van der Waals surface area contributed by atoms with Crippen LogP contribution in [0.4, 0.5) is 0 Å². The lowest BCUT2D eigenvalue weighted by atomic mass is 10.2. The number of hydrazone groups is 1. The summed E-state index contributed by atoms with van der Waals surface area (Å²) in [4.78, 5) is 1.56. The Bertz CT molecular complexity index is 708. The van der Waals surface area contributed by atoms with Crippen LogP contribution in [0.3, 0.4) is 0 Å². The zero-order valence-electron chi connectivity index (χ0n) is 13.2. The Morgan fingerprint density at radius 3 is 2.42 bits per heavy atom. The number of piperazine rings is 1. The monoisotopic (exact) mass is 382 g/mol. The molecule has 3 nitrogen and oxygen atoms in total. The lowest BCUT2D eigenvalue weighted by Gasteiger charge is -2.30. The van der Waals surface area contributed by atoms with Gasteiger partial charge < -0.3 is 4.90 Å². The molecule has 1 aliphatic rings. The highest BCUT2D eigenvalue weighted by Gasteiger charge is 2.18. The summed E-state index contributed by atoms with van der Waals surface area (Å²) in [5.74, 6) is 0. The number of nitrogens with zero attached hydrogens (tertiary/aromatic N) is 2. The molecule has 0 spiro atoms. The number of hydrogen-bond donors (Lipinski definition) is 1. The molecule has 1 N–H and O–H groups in total. The Labute approximate surface area is 157 Å². The van der Waals surface area contributed by atoms with Gasteiger partial charge in [-0.25, -0.2) is 0 Å². The highest BCUT2D eigenvalue weighted by Crippen LogP contribution is 2.24. The zero-order valence-corrected chi connectivity index (χ0v) is 15.5. The van der Waals surface area contributed by atoms with Crippen molar-refractivity contribution in [2.24, 2.45) is 5.10 Å². The van der Waals surface area contributed by atoms with E-state index < -0.39 is 0 Å². The van der Waals surface area contributed by atoms with Crippen molar-refractivity contribution in [3.05, 3.63) is 68.7 Å². The Morgan fingerprint density at radius 1 is 1.00 bits per heavy atom. The zero-order chi connectivity index (χ0) is 16.9. The first-order valence-electron chi connectivity index (χ1n) is 7.93. The molecule has 2 aromatic rings. The van der Waals surface area contributed by atoms with Gasteiger partial charge in [0.05, 0.1) is 42.4 Å². The van der Waals surface area contributed by atoms with E-state index in [0.29, 0.717) is 10.0 Å². The molecule has 24 heavy (non-hydrogen) atoms. The van der Waals surface area contributed by atoms with E-state index in [1.807, 2.05) is 24.3 Å². The van der Waals surface area contributed by atoms with Crippen molar-refractivity contribution in [2.45, 2.75) is 6.54 Å². The Kier molecular flexibility index (Phi) is 6.01. The number of rotatable bonds is 4. The number of quaternary nitrogens is 1. The minimum Gasteiger partial charge on any atom is -0.328 e. The van der Waals surface area contributed by atoms with Crippen molar-refractivity contribution in [3.63, 3.8) is 0 Å².